The molecule has 3 heterocycles. The van der Waals surface area contributed by atoms with Crippen LogP contribution in [-0.4, -0.2) is 24.3 Å². The van der Waals surface area contributed by atoms with Crippen molar-refractivity contribution in [3.05, 3.63) is 142 Å². The predicted molar refractivity (Wildman–Crippen MR) is 177 cm³/mol. The van der Waals surface area contributed by atoms with E-state index in [4.69, 9.17) is 19.2 Å². The Bertz CT molecular complexity index is 2010. The molecule has 7 nitrogen and oxygen atoms in total. The number of para-hydroxylation sites is 1. The van der Waals surface area contributed by atoms with Gasteiger partial charge in [-0.2, -0.15) is 0 Å². The lowest BCUT2D eigenvalue weighted by molar-refractivity contribution is -0.138. The Morgan fingerprint density at radius 3 is 2.52 bits per heavy atom. The molecular weight excluding hydrogens is 660 g/mol. The van der Waals surface area contributed by atoms with E-state index in [0.717, 1.165) is 20.5 Å². The van der Waals surface area contributed by atoms with E-state index in [2.05, 4.69) is 15.9 Å². The summed E-state index contributed by atoms with van der Waals surface area (Å²) in [7, 11) is 1.59. The van der Waals surface area contributed by atoms with E-state index in [1.165, 1.54) is 22.7 Å². The number of carbonyl (C=O) groups excluding carboxylic acids is 1. The van der Waals surface area contributed by atoms with Crippen LogP contribution in [0.3, 0.4) is 0 Å². The number of halogens is 1. The minimum Gasteiger partial charge on any atom is -0.493 e. The number of esters is 1. The van der Waals surface area contributed by atoms with Crippen molar-refractivity contribution in [3.63, 3.8) is 0 Å². The molecule has 0 saturated heterocycles. The third-order valence-corrected chi connectivity index (χ3v) is 9.44. The van der Waals surface area contributed by atoms with Crippen molar-refractivity contribution >= 4 is 56.3 Å². The summed E-state index contributed by atoms with van der Waals surface area (Å²) < 4.78 is 20.4. The summed E-state index contributed by atoms with van der Waals surface area (Å²) in [4.78, 5) is 34.0. The number of methoxy groups -OCH3 is 1. The van der Waals surface area contributed by atoms with Crippen LogP contribution in [0.25, 0.3) is 11.8 Å². The molecule has 0 bridgehead atoms. The zero-order valence-corrected chi connectivity index (χ0v) is 27.1. The van der Waals surface area contributed by atoms with E-state index in [1.54, 1.807) is 24.7 Å². The maximum absolute atomic E-state index is 14.2. The van der Waals surface area contributed by atoms with Crippen molar-refractivity contribution in [3.8, 4) is 11.5 Å². The van der Waals surface area contributed by atoms with Gasteiger partial charge in [0.1, 0.15) is 12.6 Å². The minimum atomic E-state index is -0.693. The minimum absolute atomic E-state index is 0.199. The Hall–Kier alpha value is -4.25. The molecule has 0 N–H and O–H groups in total. The molecule has 10 heteroatoms. The number of fused-ring (bicyclic) bond motifs is 1. The van der Waals surface area contributed by atoms with Gasteiger partial charge in [-0.1, -0.05) is 87.9 Å². The van der Waals surface area contributed by atoms with Crippen LogP contribution >= 0.6 is 38.6 Å². The lowest BCUT2D eigenvalue weighted by atomic mass is 9.97. The first-order chi connectivity index (χ1) is 21.5. The molecule has 0 spiro atoms. The van der Waals surface area contributed by atoms with Crippen LogP contribution in [0.1, 0.15) is 34.5 Å². The quantitative estimate of drug-likeness (QED) is 0.169. The molecular formula is C34H27BrN2O5S2. The Morgan fingerprint density at radius 2 is 1.82 bits per heavy atom. The van der Waals surface area contributed by atoms with Crippen molar-refractivity contribution in [2.75, 3.05) is 13.7 Å². The highest BCUT2D eigenvalue weighted by atomic mass is 79.9. The first-order valence-corrected chi connectivity index (χ1v) is 16.3. The fraction of sp³-hybridized carbons (Fsp3) is 0.147. The Morgan fingerprint density at radius 1 is 1.02 bits per heavy atom. The summed E-state index contributed by atoms with van der Waals surface area (Å²) in [5, 5.41) is 1.93. The molecule has 0 radical (unpaired) electrons. The SMILES string of the molecule is CCOC(=O)C1=C(c2ccccc2)N=c2s/c(=C\c3cccc(OC)c3OCc3ccc(Br)cc3)c(=O)n2[C@@H]1c1cccs1. The van der Waals surface area contributed by atoms with Crippen molar-refractivity contribution in [1.82, 2.24) is 4.57 Å². The number of rotatable bonds is 9. The number of carbonyl (C=O) groups is 1. The van der Waals surface area contributed by atoms with E-state index in [9.17, 15) is 9.59 Å². The van der Waals surface area contributed by atoms with E-state index in [1.807, 2.05) is 90.3 Å². The zero-order chi connectivity index (χ0) is 30.6. The average Bonchev–Trinajstić information content (AvgIpc) is 3.69. The second-order valence-corrected chi connectivity index (χ2v) is 12.6. The molecule has 0 aliphatic carbocycles. The molecule has 5 aromatic rings. The largest absolute Gasteiger partial charge is 0.493 e. The second-order valence-electron chi connectivity index (χ2n) is 9.74. The van der Waals surface area contributed by atoms with Gasteiger partial charge < -0.3 is 14.2 Å². The van der Waals surface area contributed by atoms with Crippen LogP contribution in [0, 0.1) is 0 Å². The van der Waals surface area contributed by atoms with E-state index < -0.39 is 12.0 Å². The van der Waals surface area contributed by atoms with Gasteiger partial charge in [0.15, 0.2) is 16.3 Å². The standard InChI is InChI=1S/C34H27BrN2O5S2/c1-3-41-33(39)28-29(22-9-5-4-6-10-22)36-34-37(30(28)26-13-8-18-43-26)32(38)27(44-34)19-23-11-7-12-25(40-2)31(23)42-20-21-14-16-24(35)17-15-21/h4-19,30H,3,20H2,1-2H3/b27-19-/t30-/m1/s1. The van der Waals surface area contributed by atoms with Crippen molar-refractivity contribution in [2.24, 2.45) is 4.99 Å². The fourth-order valence-electron chi connectivity index (χ4n) is 5.00. The third-order valence-electron chi connectivity index (χ3n) is 7.00. The number of ether oxygens (including phenoxy) is 3. The van der Waals surface area contributed by atoms with E-state index in [-0.39, 0.29) is 12.2 Å². The van der Waals surface area contributed by atoms with Crippen molar-refractivity contribution in [1.29, 1.82) is 0 Å². The topological polar surface area (TPSA) is 79.1 Å². The normalized spacial score (nSPS) is 14.6. The van der Waals surface area contributed by atoms with Gasteiger partial charge in [-0.05, 0) is 48.2 Å². The van der Waals surface area contributed by atoms with Gasteiger partial charge in [0.2, 0.25) is 0 Å². The second kappa shape index (κ2) is 13.2. The van der Waals surface area contributed by atoms with Crippen LogP contribution < -0.4 is 24.4 Å². The van der Waals surface area contributed by atoms with Crippen LogP contribution in [0.2, 0.25) is 0 Å². The summed E-state index contributed by atoms with van der Waals surface area (Å²) in [5.74, 6) is 0.575. The molecule has 222 valence electrons. The van der Waals surface area contributed by atoms with Crippen molar-refractivity contribution < 1.29 is 19.0 Å². The smallest absolute Gasteiger partial charge is 0.338 e. The van der Waals surface area contributed by atoms with E-state index in [0.29, 0.717) is 44.3 Å². The van der Waals surface area contributed by atoms with Gasteiger partial charge in [0.25, 0.3) is 5.56 Å². The first kappa shape index (κ1) is 29.8. The van der Waals surface area contributed by atoms with Gasteiger partial charge in [-0.25, -0.2) is 9.79 Å². The van der Waals surface area contributed by atoms with Gasteiger partial charge in [-0.15, -0.1) is 11.3 Å². The van der Waals surface area contributed by atoms with Gasteiger partial charge in [0, 0.05) is 20.5 Å². The molecule has 6 rings (SSSR count). The third kappa shape index (κ3) is 5.93. The summed E-state index contributed by atoms with van der Waals surface area (Å²) in [6, 6.07) is 26.1. The summed E-state index contributed by atoms with van der Waals surface area (Å²) in [6.45, 7) is 2.28. The number of aromatic nitrogens is 1. The lowest BCUT2D eigenvalue weighted by Crippen LogP contribution is -2.39. The zero-order valence-electron chi connectivity index (χ0n) is 23.9. The summed E-state index contributed by atoms with van der Waals surface area (Å²) in [5.41, 5.74) is 3.01. The van der Waals surface area contributed by atoms with Crippen LogP contribution in [0.5, 0.6) is 11.5 Å². The van der Waals surface area contributed by atoms with Crippen LogP contribution in [0.15, 0.2) is 110 Å². The summed E-state index contributed by atoms with van der Waals surface area (Å²) in [6.07, 6.45) is 1.80. The highest BCUT2D eigenvalue weighted by Crippen LogP contribution is 2.37. The Kier molecular flexibility index (Phi) is 8.92. The average molecular weight is 688 g/mol. The number of thiophene rings is 1. The van der Waals surface area contributed by atoms with Crippen molar-refractivity contribution in [2.45, 2.75) is 19.6 Å². The van der Waals surface area contributed by atoms with Crippen LogP contribution in [0.4, 0.5) is 0 Å². The maximum atomic E-state index is 14.2. The molecule has 3 aromatic carbocycles. The van der Waals surface area contributed by atoms with Crippen LogP contribution in [-0.2, 0) is 16.1 Å². The highest BCUT2D eigenvalue weighted by molar-refractivity contribution is 9.10. The molecule has 44 heavy (non-hydrogen) atoms. The number of thiazole rings is 1. The van der Waals surface area contributed by atoms with Gasteiger partial charge >= 0.3 is 5.97 Å². The Balaban J connectivity index is 1.52. The molecule has 2 aromatic heterocycles. The molecule has 1 aliphatic heterocycles. The highest BCUT2D eigenvalue weighted by Gasteiger charge is 2.35. The predicted octanol–water partition coefficient (Wildman–Crippen LogP) is 6.35. The monoisotopic (exact) mass is 686 g/mol. The fourth-order valence-corrected chi connectivity index (χ4v) is 7.08. The summed E-state index contributed by atoms with van der Waals surface area (Å²) >= 11 is 6.21. The molecule has 0 saturated carbocycles. The molecule has 0 fully saturated rings. The maximum Gasteiger partial charge on any atom is 0.338 e. The molecule has 1 atom stereocenters. The molecule has 0 unspecified atom stereocenters. The Labute approximate surface area is 270 Å². The number of hydrogen-bond donors (Lipinski definition) is 0. The number of hydrogen-bond acceptors (Lipinski definition) is 8. The lowest BCUT2D eigenvalue weighted by Gasteiger charge is -2.24. The van der Waals surface area contributed by atoms with Gasteiger partial charge in [0.05, 0.1) is 29.5 Å². The number of nitrogens with zero attached hydrogens (tertiary/aromatic N) is 2. The number of benzene rings is 3. The van der Waals surface area contributed by atoms with E-state index >= 15 is 0 Å². The van der Waals surface area contributed by atoms with Gasteiger partial charge in [-0.3, -0.25) is 9.36 Å². The molecule has 1 aliphatic rings. The first-order valence-electron chi connectivity index (χ1n) is 13.8. The molecule has 0 amide bonds.